The molecule has 1 N–H and O–H groups in total. The molecule has 150 valence electrons. The van der Waals surface area contributed by atoms with Crippen molar-refractivity contribution in [2.45, 2.75) is 33.1 Å². The summed E-state index contributed by atoms with van der Waals surface area (Å²) in [5.41, 5.74) is 2.11. The Bertz CT molecular complexity index is 1000. The van der Waals surface area contributed by atoms with Crippen LogP contribution in [0.2, 0.25) is 5.02 Å². The second-order valence-electron chi connectivity index (χ2n) is 8.07. The first-order chi connectivity index (χ1) is 13.9. The van der Waals surface area contributed by atoms with Crippen LogP contribution in [0.3, 0.4) is 0 Å². The Morgan fingerprint density at radius 2 is 1.79 bits per heavy atom. The Labute approximate surface area is 175 Å². The third-order valence-electron chi connectivity index (χ3n) is 6.03. The molecule has 1 saturated heterocycles. The summed E-state index contributed by atoms with van der Waals surface area (Å²) in [6, 6.07) is 12.0. The van der Waals surface area contributed by atoms with Crippen LogP contribution in [-0.4, -0.2) is 17.7 Å². The van der Waals surface area contributed by atoms with E-state index in [4.69, 9.17) is 11.6 Å². The van der Waals surface area contributed by atoms with Crippen LogP contribution in [0.5, 0.6) is 0 Å². The molecule has 3 atom stereocenters. The van der Waals surface area contributed by atoms with Crippen LogP contribution in [-0.2, 0) is 9.59 Å². The largest absolute Gasteiger partial charge is 0.322 e. The highest BCUT2D eigenvalue weighted by atomic mass is 35.5. The zero-order valence-electron chi connectivity index (χ0n) is 16.4. The van der Waals surface area contributed by atoms with Crippen molar-refractivity contribution in [1.82, 2.24) is 0 Å². The van der Waals surface area contributed by atoms with Crippen molar-refractivity contribution in [1.29, 1.82) is 0 Å². The van der Waals surface area contributed by atoms with E-state index in [9.17, 15) is 14.4 Å². The Balaban J connectivity index is 1.67. The van der Waals surface area contributed by atoms with Crippen LogP contribution in [0, 0.1) is 24.7 Å². The Kier molecular flexibility index (Phi) is 5.17. The fourth-order valence-electron chi connectivity index (χ4n) is 4.41. The number of anilines is 2. The van der Waals surface area contributed by atoms with Gasteiger partial charge in [0, 0.05) is 10.7 Å². The van der Waals surface area contributed by atoms with Gasteiger partial charge < -0.3 is 5.32 Å². The predicted octanol–water partition coefficient (Wildman–Crippen LogP) is 4.83. The molecule has 1 aliphatic carbocycles. The van der Waals surface area contributed by atoms with Crippen molar-refractivity contribution in [2.75, 3.05) is 10.2 Å². The number of para-hydroxylation sites is 1. The fraction of sp³-hybridized carbons (Fsp3) is 0.348. The summed E-state index contributed by atoms with van der Waals surface area (Å²) in [6.45, 7) is 3.99. The van der Waals surface area contributed by atoms with Crippen molar-refractivity contribution in [2.24, 2.45) is 17.8 Å². The molecule has 29 heavy (non-hydrogen) atoms. The quantitative estimate of drug-likeness (QED) is 0.737. The molecule has 5 nitrogen and oxygen atoms in total. The lowest BCUT2D eigenvalue weighted by molar-refractivity contribution is -0.122. The first-order valence-corrected chi connectivity index (χ1v) is 10.3. The number of fused-ring (bicyclic) bond motifs is 1. The van der Waals surface area contributed by atoms with Gasteiger partial charge in [-0.1, -0.05) is 36.7 Å². The molecule has 2 aromatic rings. The lowest BCUT2D eigenvalue weighted by Gasteiger charge is -2.25. The van der Waals surface area contributed by atoms with E-state index in [1.165, 1.54) is 4.90 Å². The van der Waals surface area contributed by atoms with E-state index < -0.39 is 0 Å². The Hall–Kier alpha value is -2.66. The molecule has 1 saturated carbocycles. The number of carbonyl (C=O) groups excluding carboxylic acids is 3. The third-order valence-corrected chi connectivity index (χ3v) is 6.26. The van der Waals surface area contributed by atoms with Gasteiger partial charge in [-0.05, 0) is 61.9 Å². The molecule has 0 aromatic heterocycles. The maximum atomic E-state index is 13.1. The maximum Gasteiger partial charge on any atom is 0.257 e. The summed E-state index contributed by atoms with van der Waals surface area (Å²) in [5.74, 6) is -0.883. The topological polar surface area (TPSA) is 66.5 Å². The Morgan fingerprint density at radius 1 is 1.07 bits per heavy atom. The lowest BCUT2D eigenvalue weighted by Crippen LogP contribution is -2.33. The van der Waals surface area contributed by atoms with Crippen molar-refractivity contribution in [3.05, 3.63) is 58.6 Å². The predicted molar refractivity (Wildman–Crippen MR) is 113 cm³/mol. The minimum atomic E-state index is -0.380. The monoisotopic (exact) mass is 410 g/mol. The molecule has 1 heterocycles. The highest BCUT2D eigenvalue weighted by Crippen LogP contribution is 2.42. The van der Waals surface area contributed by atoms with Crippen LogP contribution in [0.25, 0.3) is 0 Å². The van der Waals surface area contributed by atoms with E-state index in [0.29, 0.717) is 27.9 Å². The van der Waals surface area contributed by atoms with Crippen LogP contribution < -0.4 is 10.2 Å². The molecule has 0 unspecified atom stereocenters. The van der Waals surface area contributed by atoms with Crippen LogP contribution >= 0.6 is 11.6 Å². The van der Waals surface area contributed by atoms with Gasteiger partial charge in [0.25, 0.3) is 5.91 Å². The number of carbonyl (C=O) groups is 3. The van der Waals surface area contributed by atoms with Gasteiger partial charge in [0.2, 0.25) is 11.8 Å². The molecule has 4 rings (SSSR count). The van der Waals surface area contributed by atoms with Gasteiger partial charge in [-0.15, -0.1) is 0 Å². The van der Waals surface area contributed by atoms with E-state index >= 15 is 0 Å². The van der Waals surface area contributed by atoms with Crippen molar-refractivity contribution < 1.29 is 14.4 Å². The molecular weight excluding hydrogens is 388 g/mol. The molecule has 0 bridgehead atoms. The number of hydrogen-bond acceptors (Lipinski definition) is 3. The summed E-state index contributed by atoms with van der Waals surface area (Å²) in [4.78, 5) is 40.4. The second kappa shape index (κ2) is 7.64. The van der Waals surface area contributed by atoms with Gasteiger partial charge in [0.05, 0.1) is 23.1 Å². The molecule has 2 aliphatic rings. The molecule has 2 fully saturated rings. The van der Waals surface area contributed by atoms with Crippen molar-refractivity contribution >= 4 is 40.7 Å². The van der Waals surface area contributed by atoms with Gasteiger partial charge in [-0.25, -0.2) is 4.90 Å². The van der Waals surface area contributed by atoms with Crippen LogP contribution in [0.4, 0.5) is 11.4 Å². The minimum absolute atomic E-state index is 0.189. The average molecular weight is 411 g/mol. The fourth-order valence-corrected chi connectivity index (χ4v) is 4.58. The summed E-state index contributed by atoms with van der Waals surface area (Å²) in [6.07, 6.45) is 2.40. The van der Waals surface area contributed by atoms with Gasteiger partial charge in [-0.3, -0.25) is 14.4 Å². The SMILES string of the molecule is Cc1ccc(Cl)cc1NC(=O)c1ccccc1N1C(=O)[C@H]2C[C@@H](C)CC[C@H]2C1=O. The standard InChI is InChI=1S/C23H23ClN2O3/c1-13-7-10-16-18(11-13)23(29)26(22(16)28)20-6-4-3-5-17(20)21(27)25-19-12-15(24)9-8-14(19)2/h3-6,8-9,12-13,16,18H,7,10-11H2,1-2H3,(H,25,27)/t13-,16+,18-/m0/s1. The van der Waals surface area contributed by atoms with E-state index in [2.05, 4.69) is 12.2 Å². The van der Waals surface area contributed by atoms with E-state index in [1.807, 2.05) is 13.0 Å². The van der Waals surface area contributed by atoms with E-state index in [0.717, 1.165) is 24.8 Å². The van der Waals surface area contributed by atoms with Crippen LogP contribution in [0.15, 0.2) is 42.5 Å². The highest BCUT2D eigenvalue weighted by Gasteiger charge is 2.50. The molecule has 3 amide bonds. The van der Waals surface area contributed by atoms with Crippen LogP contribution in [0.1, 0.15) is 42.1 Å². The maximum absolute atomic E-state index is 13.1. The van der Waals surface area contributed by atoms with Crippen molar-refractivity contribution in [3.8, 4) is 0 Å². The summed E-state index contributed by atoms with van der Waals surface area (Å²) in [5, 5.41) is 3.37. The molecule has 1 aliphatic heterocycles. The minimum Gasteiger partial charge on any atom is -0.322 e. The number of nitrogens with one attached hydrogen (secondary N) is 1. The molecular formula is C23H23ClN2O3. The Morgan fingerprint density at radius 3 is 2.59 bits per heavy atom. The first kappa shape index (κ1) is 19.6. The summed E-state index contributed by atoms with van der Waals surface area (Å²) in [7, 11) is 0. The van der Waals surface area contributed by atoms with Crippen molar-refractivity contribution in [3.63, 3.8) is 0 Å². The van der Waals surface area contributed by atoms with Gasteiger partial charge >= 0.3 is 0 Å². The van der Waals surface area contributed by atoms with E-state index in [1.54, 1.807) is 36.4 Å². The number of hydrogen-bond donors (Lipinski definition) is 1. The molecule has 0 radical (unpaired) electrons. The van der Waals surface area contributed by atoms with Gasteiger partial charge in [-0.2, -0.15) is 0 Å². The summed E-state index contributed by atoms with van der Waals surface area (Å²) < 4.78 is 0. The normalized spacial score (nSPS) is 23.8. The number of imide groups is 1. The van der Waals surface area contributed by atoms with Gasteiger partial charge in [0.1, 0.15) is 0 Å². The number of amides is 3. The number of halogens is 1. The third kappa shape index (κ3) is 3.55. The zero-order valence-corrected chi connectivity index (χ0v) is 17.2. The van der Waals surface area contributed by atoms with E-state index in [-0.39, 0.29) is 29.6 Å². The first-order valence-electron chi connectivity index (χ1n) is 9.91. The number of aryl methyl sites for hydroxylation is 1. The number of rotatable bonds is 3. The second-order valence-corrected chi connectivity index (χ2v) is 8.51. The highest BCUT2D eigenvalue weighted by molar-refractivity contribution is 6.31. The van der Waals surface area contributed by atoms with Gasteiger partial charge in [0.15, 0.2) is 0 Å². The smallest absolute Gasteiger partial charge is 0.257 e. The zero-order chi connectivity index (χ0) is 20.7. The summed E-state index contributed by atoms with van der Waals surface area (Å²) >= 11 is 6.05. The lowest BCUT2D eigenvalue weighted by atomic mass is 9.76. The average Bonchev–Trinajstić information content (AvgIpc) is 2.94. The molecule has 0 spiro atoms. The number of nitrogens with zero attached hydrogens (tertiary/aromatic N) is 1. The molecule has 6 heteroatoms. The molecule has 2 aromatic carbocycles. The number of benzene rings is 2.